The summed E-state index contributed by atoms with van der Waals surface area (Å²) in [7, 11) is -2.41. The van der Waals surface area contributed by atoms with E-state index >= 15 is 0 Å². The maximum Gasteiger partial charge on any atom is 0.257 e. The molecule has 1 aliphatic rings. The Morgan fingerprint density at radius 3 is 2.77 bits per heavy atom. The van der Waals surface area contributed by atoms with Gasteiger partial charge in [-0.1, -0.05) is 18.5 Å². The van der Waals surface area contributed by atoms with Crippen LogP contribution in [0.3, 0.4) is 0 Å². The van der Waals surface area contributed by atoms with Crippen LogP contribution >= 0.6 is 19.0 Å². The van der Waals surface area contributed by atoms with Crippen molar-refractivity contribution >= 4 is 30.4 Å². The maximum absolute atomic E-state index is 11.9. The molecule has 3 nitrogen and oxygen atoms in total. The minimum absolute atomic E-state index is 0.583. The predicted molar refractivity (Wildman–Crippen MR) is 56.8 cm³/mol. The Balaban J connectivity index is 2.41. The highest BCUT2D eigenvalue weighted by atomic mass is 35.5. The first-order valence-electron chi connectivity index (χ1n) is 4.08. The molecule has 1 aromatic rings. The Hall–Kier alpha value is -0.660. The van der Waals surface area contributed by atoms with Gasteiger partial charge in [0.05, 0.1) is 11.4 Å². The van der Waals surface area contributed by atoms with E-state index in [1.54, 1.807) is 12.1 Å². The van der Waals surface area contributed by atoms with E-state index in [0.29, 0.717) is 11.2 Å². The number of halogens is 1. The first-order valence-corrected chi connectivity index (χ1v) is 6.35. The highest BCUT2D eigenvalue weighted by Crippen LogP contribution is 2.53. The van der Waals surface area contributed by atoms with Gasteiger partial charge in [0.15, 0.2) is 0 Å². The van der Waals surface area contributed by atoms with Crippen molar-refractivity contribution in [3.63, 3.8) is 0 Å². The number of hydrogen-bond donors (Lipinski definition) is 2. The summed E-state index contributed by atoms with van der Waals surface area (Å²) >= 11 is 5.80. The van der Waals surface area contributed by atoms with Crippen molar-refractivity contribution in [2.24, 2.45) is 0 Å². The third kappa shape index (κ3) is 1.54. The van der Waals surface area contributed by atoms with Crippen molar-refractivity contribution in [2.75, 3.05) is 16.3 Å². The molecule has 0 aromatic heterocycles. The minimum Gasteiger partial charge on any atom is -0.319 e. The zero-order valence-electron chi connectivity index (χ0n) is 7.17. The molecule has 2 N–H and O–H groups in total. The van der Waals surface area contributed by atoms with E-state index in [1.807, 2.05) is 13.0 Å². The summed E-state index contributed by atoms with van der Waals surface area (Å²) < 4.78 is 11.9. The molecule has 1 atom stereocenters. The first-order chi connectivity index (χ1) is 6.13. The van der Waals surface area contributed by atoms with Crippen molar-refractivity contribution in [1.29, 1.82) is 0 Å². The second kappa shape index (κ2) is 2.93. The summed E-state index contributed by atoms with van der Waals surface area (Å²) in [5.41, 5.74) is 1.70. The molecule has 0 bridgehead atoms. The third-order valence-corrected chi connectivity index (χ3v) is 4.36. The molecule has 5 heteroatoms. The minimum atomic E-state index is -2.41. The molecule has 1 aliphatic heterocycles. The van der Waals surface area contributed by atoms with Crippen LogP contribution in [-0.2, 0) is 4.57 Å². The van der Waals surface area contributed by atoms with Crippen molar-refractivity contribution in [3.8, 4) is 0 Å². The largest absolute Gasteiger partial charge is 0.319 e. The molecule has 0 saturated carbocycles. The van der Waals surface area contributed by atoms with Crippen LogP contribution in [0.5, 0.6) is 0 Å². The SMILES string of the molecule is CCP1(=O)Nc2ccc(Cl)cc2N1. The summed E-state index contributed by atoms with van der Waals surface area (Å²) in [6.07, 6.45) is 0.583. The second-order valence-corrected chi connectivity index (χ2v) is 5.96. The van der Waals surface area contributed by atoms with E-state index in [-0.39, 0.29) is 0 Å². The maximum atomic E-state index is 11.9. The number of rotatable bonds is 1. The lowest BCUT2D eigenvalue weighted by molar-refractivity contribution is 0.583. The molecule has 70 valence electrons. The van der Waals surface area contributed by atoms with Gasteiger partial charge in [0, 0.05) is 11.2 Å². The number of nitrogens with one attached hydrogen (secondary N) is 2. The fourth-order valence-corrected chi connectivity index (χ4v) is 2.98. The highest BCUT2D eigenvalue weighted by molar-refractivity contribution is 7.67. The smallest absolute Gasteiger partial charge is 0.257 e. The number of anilines is 2. The van der Waals surface area contributed by atoms with E-state index < -0.39 is 7.44 Å². The van der Waals surface area contributed by atoms with E-state index in [4.69, 9.17) is 11.6 Å². The number of fused-ring (bicyclic) bond motifs is 1. The number of benzene rings is 1. The molecule has 1 aromatic carbocycles. The monoisotopic (exact) mass is 216 g/mol. The Morgan fingerprint density at radius 2 is 2.08 bits per heavy atom. The zero-order valence-corrected chi connectivity index (χ0v) is 8.82. The molecule has 0 spiro atoms. The van der Waals surface area contributed by atoms with Gasteiger partial charge in [-0.2, -0.15) is 0 Å². The van der Waals surface area contributed by atoms with E-state index in [9.17, 15) is 4.57 Å². The molecule has 0 fully saturated rings. The van der Waals surface area contributed by atoms with E-state index in [0.717, 1.165) is 11.4 Å². The Kier molecular flexibility index (Phi) is 2.01. The molecular weight excluding hydrogens is 207 g/mol. The van der Waals surface area contributed by atoms with Crippen molar-refractivity contribution in [2.45, 2.75) is 6.92 Å². The quantitative estimate of drug-likeness (QED) is 0.707. The summed E-state index contributed by atoms with van der Waals surface area (Å²) in [5.74, 6) is 0. The van der Waals surface area contributed by atoms with Crippen LogP contribution in [0, 0.1) is 0 Å². The van der Waals surface area contributed by atoms with Gasteiger partial charge in [-0.3, -0.25) is 4.57 Å². The van der Waals surface area contributed by atoms with Gasteiger partial charge in [-0.15, -0.1) is 0 Å². The first kappa shape index (κ1) is 8.92. The Labute approximate surface area is 82.0 Å². The Bertz CT molecular complexity index is 394. The highest BCUT2D eigenvalue weighted by Gasteiger charge is 2.27. The van der Waals surface area contributed by atoms with Crippen LogP contribution in [0.4, 0.5) is 11.4 Å². The molecule has 13 heavy (non-hydrogen) atoms. The summed E-state index contributed by atoms with van der Waals surface area (Å²) in [4.78, 5) is 0. The van der Waals surface area contributed by atoms with Crippen LogP contribution in [-0.4, -0.2) is 6.16 Å². The van der Waals surface area contributed by atoms with Gasteiger partial charge >= 0.3 is 0 Å². The van der Waals surface area contributed by atoms with Gasteiger partial charge in [0.2, 0.25) is 0 Å². The third-order valence-electron chi connectivity index (χ3n) is 2.03. The normalized spacial score (nSPS) is 24.8. The van der Waals surface area contributed by atoms with E-state index in [2.05, 4.69) is 10.2 Å². The van der Waals surface area contributed by atoms with E-state index in [1.165, 1.54) is 0 Å². The topological polar surface area (TPSA) is 41.1 Å². The van der Waals surface area contributed by atoms with Gasteiger partial charge < -0.3 is 10.2 Å². The average molecular weight is 217 g/mol. The lowest BCUT2D eigenvalue weighted by Gasteiger charge is -2.08. The average Bonchev–Trinajstić information content (AvgIpc) is 2.42. The lowest BCUT2D eigenvalue weighted by atomic mass is 10.3. The standard InChI is InChI=1S/C8H10ClN2OP/c1-2-13(12)10-7-4-3-6(9)5-8(7)11-13/h3-5H,2H2,1H3,(H2,10,11,12). The fourth-order valence-electron chi connectivity index (χ4n) is 1.28. The van der Waals surface area contributed by atoms with Gasteiger partial charge in [-0.25, -0.2) is 0 Å². The van der Waals surface area contributed by atoms with Crippen LogP contribution in [0.1, 0.15) is 6.92 Å². The van der Waals surface area contributed by atoms with Gasteiger partial charge in [0.1, 0.15) is 0 Å². The summed E-state index contributed by atoms with van der Waals surface area (Å²) in [6.45, 7) is 1.88. The van der Waals surface area contributed by atoms with Crippen molar-refractivity contribution in [1.82, 2.24) is 0 Å². The predicted octanol–water partition coefficient (Wildman–Crippen LogP) is 3.39. The van der Waals surface area contributed by atoms with Crippen molar-refractivity contribution < 1.29 is 4.57 Å². The molecule has 0 aliphatic carbocycles. The molecule has 1 unspecified atom stereocenters. The van der Waals surface area contributed by atoms with Gasteiger partial charge in [0.25, 0.3) is 7.44 Å². The molecule has 2 rings (SSSR count). The molecule has 0 radical (unpaired) electrons. The zero-order chi connectivity index (χ0) is 9.47. The number of hydrogen-bond acceptors (Lipinski definition) is 1. The lowest BCUT2D eigenvalue weighted by Crippen LogP contribution is -1.97. The van der Waals surface area contributed by atoms with Crippen LogP contribution in [0.2, 0.25) is 5.02 Å². The van der Waals surface area contributed by atoms with Crippen LogP contribution < -0.4 is 10.2 Å². The molecule has 0 saturated heterocycles. The molecule has 1 heterocycles. The van der Waals surface area contributed by atoms with Crippen molar-refractivity contribution in [3.05, 3.63) is 23.2 Å². The van der Waals surface area contributed by atoms with Crippen LogP contribution in [0.25, 0.3) is 0 Å². The van der Waals surface area contributed by atoms with Crippen LogP contribution in [0.15, 0.2) is 18.2 Å². The summed E-state index contributed by atoms with van der Waals surface area (Å²) in [5, 5.41) is 6.59. The molecule has 0 amide bonds. The Morgan fingerprint density at radius 1 is 1.38 bits per heavy atom. The fraction of sp³-hybridized carbons (Fsp3) is 0.250. The van der Waals surface area contributed by atoms with Gasteiger partial charge in [-0.05, 0) is 18.2 Å². The molecular formula is C8H10ClN2OP. The second-order valence-electron chi connectivity index (χ2n) is 2.97. The summed E-state index contributed by atoms with van der Waals surface area (Å²) in [6, 6.07) is 5.39.